The smallest absolute Gasteiger partial charge is 0.251 e. The maximum atomic E-state index is 12.4. The van der Waals surface area contributed by atoms with Crippen LogP contribution in [-0.4, -0.2) is 32.3 Å². The van der Waals surface area contributed by atoms with Crippen LogP contribution >= 0.6 is 11.6 Å². The first-order chi connectivity index (χ1) is 12.5. The van der Waals surface area contributed by atoms with Crippen LogP contribution in [-0.2, 0) is 11.3 Å². The molecule has 0 radical (unpaired) electrons. The number of halogens is 1. The molecule has 0 aromatic heterocycles. The molecule has 5 nitrogen and oxygen atoms in total. The van der Waals surface area contributed by atoms with Gasteiger partial charge in [0, 0.05) is 29.3 Å². The van der Waals surface area contributed by atoms with Crippen molar-refractivity contribution in [3.8, 4) is 11.5 Å². The molecule has 0 aliphatic heterocycles. The third-order valence-electron chi connectivity index (χ3n) is 3.61. The molecular weight excluding hydrogens is 354 g/mol. The van der Waals surface area contributed by atoms with E-state index in [-0.39, 0.29) is 18.6 Å². The van der Waals surface area contributed by atoms with Crippen LogP contribution in [0.5, 0.6) is 11.5 Å². The second-order valence-electron chi connectivity index (χ2n) is 5.83. The van der Waals surface area contributed by atoms with Gasteiger partial charge in [0.1, 0.15) is 18.1 Å². The van der Waals surface area contributed by atoms with Gasteiger partial charge in [-0.15, -0.1) is 0 Å². The largest absolute Gasteiger partial charge is 0.493 e. The van der Waals surface area contributed by atoms with Crippen LogP contribution in [0.1, 0.15) is 29.8 Å². The average molecular weight is 378 g/mol. The quantitative estimate of drug-likeness (QED) is 0.715. The van der Waals surface area contributed by atoms with Crippen molar-refractivity contribution in [3.05, 3.63) is 58.6 Å². The molecule has 2 rings (SSSR count). The molecule has 2 aromatic carbocycles. The van der Waals surface area contributed by atoms with E-state index in [1.54, 1.807) is 37.4 Å². The number of carbonyl (C=O) groups is 1. The zero-order valence-corrected chi connectivity index (χ0v) is 16.0. The molecule has 6 heteroatoms. The lowest BCUT2D eigenvalue weighted by atomic mass is 10.1. The first kappa shape index (κ1) is 20.1. The van der Waals surface area contributed by atoms with Gasteiger partial charge in [-0.25, -0.2) is 0 Å². The van der Waals surface area contributed by atoms with Gasteiger partial charge in [-0.2, -0.15) is 0 Å². The lowest BCUT2D eigenvalue weighted by molar-refractivity contribution is 0.0905. The van der Waals surface area contributed by atoms with E-state index in [1.165, 1.54) is 0 Å². The third-order valence-corrected chi connectivity index (χ3v) is 3.84. The number of hydrogen-bond donors (Lipinski definition) is 1. The Hall–Kier alpha value is -2.24. The predicted molar refractivity (Wildman–Crippen MR) is 102 cm³/mol. The topological polar surface area (TPSA) is 56.8 Å². The number of benzene rings is 2. The number of ether oxygens (including phenoxy) is 3. The van der Waals surface area contributed by atoms with E-state index in [4.69, 9.17) is 25.8 Å². The minimum absolute atomic E-state index is 0.0785. The normalized spacial score (nSPS) is 11.7. The van der Waals surface area contributed by atoms with Crippen LogP contribution in [0.15, 0.2) is 42.5 Å². The minimum atomic E-state index is -0.165. The number of rotatable bonds is 9. The van der Waals surface area contributed by atoms with Crippen LogP contribution in [0.25, 0.3) is 0 Å². The predicted octanol–water partition coefficient (Wildman–Crippen LogP) is 4.08. The van der Waals surface area contributed by atoms with Crippen molar-refractivity contribution in [2.24, 2.45) is 0 Å². The van der Waals surface area contributed by atoms with Gasteiger partial charge in [0.2, 0.25) is 0 Å². The van der Waals surface area contributed by atoms with Gasteiger partial charge in [-0.05, 0) is 50.2 Å². The van der Waals surface area contributed by atoms with Gasteiger partial charge < -0.3 is 19.5 Å². The summed E-state index contributed by atoms with van der Waals surface area (Å²) in [5.74, 6) is 1.18. The average Bonchev–Trinajstić information content (AvgIpc) is 2.61. The summed E-state index contributed by atoms with van der Waals surface area (Å²) in [5, 5.41) is 3.50. The first-order valence-corrected chi connectivity index (χ1v) is 8.85. The summed E-state index contributed by atoms with van der Waals surface area (Å²) in [6.07, 6.45) is 0. The van der Waals surface area contributed by atoms with Crippen molar-refractivity contribution in [2.45, 2.75) is 26.5 Å². The van der Waals surface area contributed by atoms with E-state index in [1.807, 2.05) is 26.0 Å². The monoisotopic (exact) mass is 377 g/mol. The highest BCUT2D eigenvalue weighted by Crippen LogP contribution is 2.24. The molecule has 2 aromatic rings. The maximum absolute atomic E-state index is 12.4. The fraction of sp³-hybridized carbons (Fsp3) is 0.350. The number of hydrogen-bond acceptors (Lipinski definition) is 4. The van der Waals surface area contributed by atoms with E-state index in [2.05, 4.69) is 5.32 Å². The first-order valence-electron chi connectivity index (χ1n) is 8.47. The summed E-state index contributed by atoms with van der Waals surface area (Å²) in [5.41, 5.74) is 1.33. The second-order valence-corrected chi connectivity index (χ2v) is 6.27. The summed E-state index contributed by atoms with van der Waals surface area (Å²) in [6, 6.07) is 12.4. The number of carbonyl (C=O) groups excluding carboxylic acids is 1. The van der Waals surface area contributed by atoms with E-state index < -0.39 is 0 Å². The van der Waals surface area contributed by atoms with Gasteiger partial charge in [-0.3, -0.25) is 4.79 Å². The Labute approximate surface area is 159 Å². The summed E-state index contributed by atoms with van der Waals surface area (Å²) < 4.78 is 16.5. The Bertz CT molecular complexity index is 736. The zero-order chi connectivity index (χ0) is 18.9. The fourth-order valence-electron chi connectivity index (χ4n) is 2.45. The highest BCUT2D eigenvalue weighted by molar-refractivity contribution is 6.30. The van der Waals surface area contributed by atoms with Crippen LogP contribution in [0, 0.1) is 0 Å². The molecule has 26 heavy (non-hydrogen) atoms. The SMILES string of the molecule is CCOc1ccc(C(=O)NC(C)COC)cc1COc1cccc(Cl)c1. The molecule has 1 amide bonds. The van der Waals surface area contributed by atoms with Gasteiger partial charge in [-0.1, -0.05) is 17.7 Å². The molecule has 0 saturated carbocycles. The molecule has 140 valence electrons. The van der Waals surface area contributed by atoms with Crippen LogP contribution in [0.3, 0.4) is 0 Å². The van der Waals surface area contributed by atoms with Crippen molar-refractivity contribution >= 4 is 17.5 Å². The second kappa shape index (κ2) is 10.0. The molecule has 0 heterocycles. The van der Waals surface area contributed by atoms with Crippen LogP contribution < -0.4 is 14.8 Å². The van der Waals surface area contributed by atoms with Crippen molar-refractivity contribution in [2.75, 3.05) is 20.3 Å². The van der Waals surface area contributed by atoms with Crippen molar-refractivity contribution in [1.82, 2.24) is 5.32 Å². The Morgan fingerprint density at radius 3 is 2.69 bits per heavy atom. The summed E-state index contributed by atoms with van der Waals surface area (Å²) in [7, 11) is 1.60. The Balaban J connectivity index is 2.15. The summed E-state index contributed by atoms with van der Waals surface area (Å²) in [6.45, 7) is 5.05. The molecule has 1 N–H and O–H groups in total. The van der Waals surface area contributed by atoms with Crippen LogP contribution in [0.2, 0.25) is 5.02 Å². The number of nitrogens with one attached hydrogen (secondary N) is 1. The van der Waals surface area contributed by atoms with Gasteiger partial charge >= 0.3 is 0 Å². The van der Waals surface area contributed by atoms with E-state index in [0.29, 0.717) is 35.3 Å². The van der Waals surface area contributed by atoms with E-state index in [9.17, 15) is 4.79 Å². The van der Waals surface area contributed by atoms with Gasteiger partial charge in [0.15, 0.2) is 0 Å². The Morgan fingerprint density at radius 2 is 2.00 bits per heavy atom. The molecule has 1 atom stereocenters. The van der Waals surface area contributed by atoms with E-state index in [0.717, 1.165) is 5.56 Å². The van der Waals surface area contributed by atoms with Gasteiger partial charge in [0.25, 0.3) is 5.91 Å². The Kier molecular flexibility index (Phi) is 7.75. The van der Waals surface area contributed by atoms with Crippen molar-refractivity contribution < 1.29 is 19.0 Å². The number of methoxy groups -OCH3 is 1. The molecule has 0 aliphatic rings. The summed E-state index contributed by atoms with van der Waals surface area (Å²) in [4.78, 5) is 12.4. The van der Waals surface area contributed by atoms with Gasteiger partial charge in [0.05, 0.1) is 13.2 Å². The molecule has 0 fully saturated rings. The fourth-order valence-corrected chi connectivity index (χ4v) is 2.63. The lowest BCUT2D eigenvalue weighted by Gasteiger charge is -2.15. The maximum Gasteiger partial charge on any atom is 0.251 e. The molecule has 1 unspecified atom stereocenters. The highest BCUT2D eigenvalue weighted by atomic mass is 35.5. The van der Waals surface area contributed by atoms with Crippen molar-refractivity contribution in [1.29, 1.82) is 0 Å². The summed E-state index contributed by atoms with van der Waals surface area (Å²) >= 11 is 5.98. The number of amides is 1. The van der Waals surface area contributed by atoms with Crippen LogP contribution in [0.4, 0.5) is 0 Å². The third kappa shape index (κ3) is 5.93. The molecule has 0 saturated heterocycles. The molecule has 0 aliphatic carbocycles. The lowest BCUT2D eigenvalue weighted by Crippen LogP contribution is -2.35. The highest BCUT2D eigenvalue weighted by Gasteiger charge is 2.13. The molecular formula is C20H24ClNO4. The standard InChI is InChI=1S/C20H24ClNO4/c1-4-25-19-9-8-15(20(23)22-14(2)12-24-3)10-16(19)13-26-18-7-5-6-17(21)11-18/h5-11,14H,4,12-13H2,1-3H3,(H,22,23). The Morgan fingerprint density at radius 1 is 1.19 bits per heavy atom. The molecule has 0 bridgehead atoms. The molecule has 0 spiro atoms. The van der Waals surface area contributed by atoms with Crippen molar-refractivity contribution in [3.63, 3.8) is 0 Å². The zero-order valence-electron chi connectivity index (χ0n) is 15.3. The minimum Gasteiger partial charge on any atom is -0.493 e. The van der Waals surface area contributed by atoms with E-state index >= 15 is 0 Å².